The number of rotatable bonds is 3. The van der Waals surface area contributed by atoms with Gasteiger partial charge in [0.1, 0.15) is 6.33 Å². The van der Waals surface area contributed by atoms with E-state index in [1.807, 2.05) is 22.8 Å². The maximum absolute atomic E-state index is 5.85. The maximum atomic E-state index is 5.85. The lowest BCUT2D eigenvalue weighted by Crippen LogP contribution is -1.99. The molecular weight excluding hydrogens is 268 g/mol. The third-order valence-electron chi connectivity index (χ3n) is 2.33. The van der Waals surface area contributed by atoms with Gasteiger partial charge in [0, 0.05) is 22.3 Å². The molecule has 84 valence electrons. The first kappa shape index (κ1) is 11.1. The summed E-state index contributed by atoms with van der Waals surface area (Å²) in [7, 11) is 0. The van der Waals surface area contributed by atoms with Gasteiger partial charge in [-0.1, -0.05) is 6.92 Å². The summed E-state index contributed by atoms with van der Waals surface area (Å²) in [6, 6.07) is 5.81. The van der Waals surface area contributed by atoms with Crippen LogP contribution >= 0.6 is 15.9 Å². The first-order valence-electron chi connectivity index (χ1n) is 5.15. The average molecular weight is 281 g/mol. The Balaban J connectivity index is 2.42. The van der Waals surface area contributed by atoms with E-state index in [1.165, 1.54) is 0 Å². The molecule has 1 aromatic carbocycles. The SMILES string of the molecule is CCCn1cnnc1-c1ccc(Br)c(N)c1. The molecule has 0 aliphatic rings. The summed E-state index contributed by atoms with van der Waals surface area (Å²) in [6.45, 7) is 3.04. The van der Waals surface area contributed by atoms with Crippen LogP contribution in [-0.2, 0) is 6.54 Å². The number of nitrogen functional groups attached to an aromatic ring is 1. The van der Waals surface area contributed by atoms with Gasteiger partial charge in [-0.25, -0.2) is 0 Å². The molecule has 2 rings (SSSR count). The van der Waals surface area contributed by atoms with Crippen LogP contribution in [0.5, 0.6) is 0 Å². The third kappa shape index (κ3) is 2.09. The van der Waals surface area contributed by atoms with Crippen LogP contribution in [0.1, 0.15) is 13.3 Å². The average Bonchev–Trinajstić information content (AvgIpc) is 2.71. The van der Waals surface area contributed by atoms with Crippen LogP contribution in [-0.4, -0.2) is 14.8 Å². The van der Waals surface area contributed by atoms with Crippen molar-refractivity contribution in [2.75, 3.05) is 5.73 Å². The molecule has 1 heterocycles. The number of halogens is 1. The summed E-state index contributed by atoms with van der Waals surface area (Å²) in [5.41, 5.74) is 7.55. The Kier molecular flexibility index (Phi) is 3.24. The number of aryl methyl sites for hydroxylation is 1. The summed E-state index contributed by atoms with van der Waals surface area (Å²) in [5, 5.41) is 8.05. The van der Waals surface area contributed by atoms with Crippen LogP contribution in [0.3, 0.4) is 0 Å². The first-order valence-corrected chi connectivity index (χ1v) is 5.95. The summed E-state index contributed by atoms with van der Waals surface area (Å²) in [5.74, 6) is 0.862. The van der Waals surface area contributed by atoms with E-state index in [0.29, 0.717) is 5.69 Å². The molecule has 16 heavy (non-hydrogen) atoms. The molecule has 0 radical (unpaired) electrons. The predicted octanol–water partition coefficient (Wildman–Crippen LogP) is 2.70. The fourth-order valence-electron chi connectivity index (χ4n) is 1.57. The van der Waals surface area contributed by atoms with Crippen molar-refractivity contribution in [1.29, 1.82) is 0 Å². The molecule has 0 atom stereocenters. The number of hydrogen-bond donors (Lipinski definition) is 1. The van der Waals surface area contributed by atoms with Gasteiger partial charge in [-0.2, -0.15) is 0 Å². The van der Waals surface area contributed by atoms with Crippen molar-refractivity contribution in [3.05, 3.63) is 29.0 Å². The van der Waals surface area contributed by atoms with E-state index in [2.05, 4.69) is 33.1 Å². The molecule has 2 N–H and O–H groups in total. The van der Waals surface area contributed by atoms with Gasteiger partial charge in [0.2, 0.25) is 0 Å². The van der Waals surface area contributed by atoms with Crippen LogP contribution in [0.2, 0.25) is 0 Å². The first-order chi connectivity index (χ1) is 7.72. The van der Waals surface area contributed by atoms with Gasteiger partial charge in [-0.05, 0) is 40.5 Å². The number of aromatic nitrogens is 3. The van der Waals surface area contributed by atoms with Gasteiger partial charge in [-0.15, -0.1) is 10.2 Å². The molecule has 4 nitrogen and oxygen atoms in total. The molecule has 0 aliphatic heterocycles. The summed E-state index contributed by atoms with van der Waals surface area (Å²) in [4.78, 5) is 0. The quantitative estimate of drug-likeness (QED) is 0.880. The Morgan fingerprint density at radius 1 is 1.44 bits per heavy atom. The minimum atomic E-state index is 0.712. The van der Waals surface area contributed by atoms with E-state index < -0.39 is 0 Å². The van der Waals surface area contributed by atoms with E-state index >= 15 is 0 Å². The van der Waals surface area contributed by atoms with Gasteiger partial charge >= 0.3 is 0 Å². The van der Waals surface area contributed by atoms with Crippen molar-refractivity contribution in [1.82, 2.24) is 14.8 Å². The molecule has 0 unspecified atom stereocenters. The Morgan fingerprint density at radius 2 is 2.25 bits per heavy atom. The molecule has 0 aliphatic carbocycles. The highest BCUT2D eigenvalue weighted by Crippen LogP contribution is 2.25. The molecule has 0 saturated carbocycles. The standard InChI is InChI=1S/C11H13BrN4/c1-2-5-16-7-14-15-11(16)8-3-4-9(12)10(13)6-8/h3-4,6-7H,2,5,13H2,1H3. The second-order valence-corrected chi connectivity index (χ2v) is 4.44. The van der Waals surface area contributed by atoms with Crippen LogP contribution in [0.4, 0.5) is 5.69 Å². The van der Waals surface area contributed by atoms with Crippen molar-refractivity contribution in [2.45, 2.75) is 19.9 Å². The van der Waals surface area contributed by atoms with Gasteiger partial charge in [0.25, 0.3) is 0 Å². The van der Waals surface area contributed by atoms with Gasteiger partial charge in [0.15, 0.2) is 5.82 Å². The van der Waals surface area contributed by atoms with E-state index in [1.54, 1.807) is 6.33 Å². The summed E-state index contributed by atoms with van der Waals surface area (Å²) >= 11 is 3.37. The van der Waals surface area contributed by atoms with Crippen molar-refractivity contribution < 1.29 is 0 Å². The zero-order valence-electron chi connectivity index (χ0n) is 9.02. The van der Waals surface area contributed by atoms with E-state index in [9.17, 15) is 0 Å². The second-order valence-electron chi connectivity index (χ2n) is 3.58. The van der Waals surface area contributed by atoms with E-state index in [4.69, 9.17) is 5.73 Å². The Morgan fingerprint density at radius 3 is 2.94 bits per heavy atom. The Bertz CT molecular complexity index is 492. The largest absolute Gasteiger partial charge is 0.398 e. The lowest BCUT2D eigenvalue weighted by atomic mass is 10.2. The maximum Gasteiger partial charge on any atom is 0.163 e. The molecule has 0 fully saturated rings. The molecule has 2 aromatic rings. The van der Waals surface area contributed by atoms with Gasteiger partial charge in [0.05, 0.1) is 0 Å². The third-order valence-corrected chi connectivity index (χ3v) is 3.06. The lowest BCUT2D eigenvalue weighted by Gasteiger charge is -2.06. The normalized spacial score (nSPS) is 10.6. The number of nitrogens with two attached hydrogens (primary N) is 1. The second kappa shape index (κ2) is 4.65. The molecule has 0 saturated heterocycles. The van der Waals surface area contributed by atoms with Crippen molar-refractivity contribution in [3.63, 3.8) is 0 Å². The molecule has 0 bridgehead atoms. The summed E-state index contributed by atoms with van der Waals surface area (Å²) < 4.78 is 2.93. The van der Waals surface area contributed by atoms with Gasteiger partial charge < -0.3 is 10.3 Å². The highest BCUT2D eigenvalue weighted by atomic mass is 79.9. The number of hydrogen-bond acceptors (Lipinski definition) is 3. The predicted molar refractivity (Wildman–Crippen MR) is 67.9 cm³/mol. The zero-order valence-corrected chi connectivity index (χ0v) is 10.6. The van der Waals surface area contributed by atoms with Gasteiger partial charge in [-0.3, -0.25) is 0 Å². The monoisotopic (exact) mass is 280 g/mol. The highest BCUT2D eigenvalue weighted by molar-refractivity contribution is 9.10. The molecule has 0 spiro atoms. The smallest absolute Gasteiger partial charge is 0.163 e. The summed E-state index contributed by atoms with van der Waals surface area (Å²) in [6.07, 6.45) is 2.80. The van der Waals surface area contributed by atoms with Crippen molar-refractivity contribution >= 4 is 21.6 Å². The fraction of sp³-hybridized carbons (Fsp3) is 0.273. The lowest BCUT2D eigenvalue weighted by molar-refractivity contribution is 0.683. The molecule has 5 heteroatoms. The molecule has 1 aromatic heterocycles. The highest BCUT2D eigenvalue weighted by Gasteiger charge is 2.07. The topological polar surface area (TPSA) is 56.7 Å². The Hall–Kier alpha value is -1.36. The van der Waals surface area contributed by atoms with Crippen LogP contribution in [0.15, 0.2) is 29.0 Å². The minimum absolute atomic E-state index is 0.712. The van der Waals surface area contributed by atoms with Crippen molar-refractivity contribution in [2.24, 2.45) is 0 Å². The van der Waals surface area contributed by atoms with Crippen LogP contribution in [0, 0.1) is 0 Å². The van der Waals surface area contributed by atoms with E-state index in [0.717, 1.165) is 28.8 Å². The van der Waals surface area contributed by atoms with Crippen LogP contribution in [0.25, 0.3) is 11.4 Å². The van der Waals surface area contributed by atoms with Crippen LogP contribution < -0.4 is 5.73 Å². The number of anilines is 1. The van der Waals surface area contributed by atoms with Crippen molar-refractivity contribution in [3.8, 4) is 11.4 Å². The molecular formula is C11H13BrN4. The minimum Gasteiger partial charge on any atom is -0.398 e. The number of benzene rings is 1. The van der Waals surface area contributed by atoms with E-state index in [-0.39, 0.29) is 0 Å². The fourth-order valence-corrected chi connectivity index (χ4v) is 1.81. The Labute approximate surface area is 103 Å². The zero-order chi connectivity index (χ0) is 11.5. The molecule has 0 amide bonds. The number of nitrogens with zero attached hydrogens (tertiary/aromatic N) is 3.